The Kier molecular flexibility index (Phi) is 6.34. The second-order valence-corrected chi connectivity index (χ2v) is 5.00. The van der Waals surface area contributed by atoms with E-state index >= 15 is 0 Å². The summed E-state index contributed by atoms with van der Waals surface area (Å²) in [5.41, 5.74) is 1.17. The van der Waals surface area contributed by atoms with Crippen LogP contribution >= 0.6 is 11.8 Å². The third-order valence-electron chi connectivity index (χ3n) is 2.13. The standard InChI is InChI=1S/C13H21NOS/c1-4-15-10-11(3)14-12-7-6-8-13(9-12)16-5-2/h6-9,11,14H,4-5,10H2,1-3H3. The van der Waals surface area contributed by atoms with E-state index in [1.807, 2.05) is 18.7 Å². The molecule has 1 unspecified atom stereocenters. The lowest BCUT2D eigenvalue weighted by molar-refractivity contribution is 0.141. The number of nitrogens with one attached hydrogen (secondary N) is 1. The normalized spacial score (nSPS) is 12.4. The van der Waals surface area contributed by atoms with Gasteiger partial charge in [-0.25, -0.2) is 0 Å². The third kappa shape index (κ3) is 4.90. The lowest BCUT2D eigenvalue weighted by atomic mass is 10.3. The van der Waals surface area contributed by atoms with Gasteiger partial charge in [-0.15, -0.1) is 11.8 Å². The van der Waals surface area contributed by atoms with Gasteiger partial charge >= 0.3 is 0 Å². The first-order valence-electron chi connectivity index (χ1n) is 5.83. The molecular formula is C13H21NOS. The largest absolute Gasteiger partial charge is 0.380 e. The van der Waals surface area contributed by atoms with Gasteiger partial charge in [-0.1, -0.05) is 13.0 Å². The molecule has 0 heterocycles. The zero-order valence-electron chi connectivity index (χ0n) is 10.3. The second kappa shape index (κ2) is 7.58. The lowest BCUT2D eigenvalue weighted by Gasteiger charge is -2.15. The Hall–Kier alpha value is -0.670. The van der Waals surface area contributed by atoms with Crippen molar-refractivity contribution < 1.29 is 4.74 Å². The zero-order chi connectivity index (χ0) is 11.8. The van der Waals surface area contributed by atoms with Crippen molar-refractivity contribution in [2.24, 2.45) is 0 Å². The van der Waals surface area contributed by atoms with Gasteiger partial charge in [0.2, 0.25) is 0 Å². The number of hydrogen-bond donors (Lipinski definition) is 1. The predicted molar refractivity (Wildman–Crippen MR) is 72.4 cm³/mol. The summed E-state index contributed by atoms with van der Waals surface area (Å²) in [5, 5.41) is 3.44. The van der Waals surface area contributed by atoms with Crippen LogP contribution in [0.5, 0.6) is 0 Å². The first-order chi connectivity index (χ1) is 7.76. The summed E-state index contributed by atoms with van der Waals surface area (Å²) in [4.78, 5) is 1.32. The molecule has 90 valence electrons. The van der Waals surface area contributed by atoms with Crippen molar-refractivity contribution in [2.75, 3.05) is 24.3 Å². The van der Waals surface area contributed by atoms with E-state index in [1.54, 1.807) is 0 Å². The van der Waals surface area contributed by atoms with Gasteiger partial charge in [0.1, 0.15) is 0 Å². The molecule has 0 saturated carbocycles. The van der Waals surface area contributed by atoms with Crippen molar-refractivity contribution in [3.63, 3.8) is 0 Å². The van der Waals surface area contributed by atoms with Gasteiger partial charge in [-0.05, 0) is 37.8 Å². The van der Waals surface area contributed by atoms with Crippen LogP contribution < -0.4 is 5.32 Å². The van der Waals surface area contributed by atoms with Gasteiger partial charge in [-0.2, -0.15) is 0 Å². The summed E-state index contributed by atoms with van der Waals surface area (Å²) in [6.07, 6.45) is 0. The average molecular weight is 239 g/mol. The first kappa shape index (κ1) is 13.4. The maximum atomic E-state index is 5.38. The monoisotopic (exact) mass is 239 g/mol. The SMILES string of the molecule is CCOCC(C)Nc1cccc(SCC)c1. The predicted octanol–water partition coefficient (Wildman–Crippen LogP) is 3.64. The number of ether oxygens (including phenoxy) is 1. The minimum Gasteiger partial charge on any atom is -0.380 e. The molecule has 1 aromatic carbocycles. The number of thioether (sulfide) groups is 1. The summed E-state index contributed by atoms with van der Waals surface area (Å²) >= 11 is 1.86. The summed E-state index contributed by atoms with van der Waals surface area (Å²) in [6, 6.07) is 8.88. The second-order valence-electron chi connectivity index (χ2n) is 3.67. The maximum absolute atomic E-state index is 5.38. The molecule has 0 fully saturated rings. The summed E-state index contributed by atoms with van der Waals surface area (Å²) in [7, 11) is 0. The van der Waals surface area contributed by atoms with Crippen LogP contribution in [0.2, 0.25) is 0 Å². The van der Waals surface area contributed by atoms with Gasteiger partial charge in [0.05, 0.1) is 6.61 Å². The van der Waals surface area contributed by atoms with Crippen molar-refractivity contribution in [1.29, 1.82) is 0 Å². The Morgan fingerprint density at radius 3 is 2.88 bits per heavy atom. The molecule has 2 nitrogen and oxygen atoms in total. The Bertz CT molecular complexity index is 304. The van der Waals surface area contributed by atoms with Gasteiger partial charge < -0.3 is 10.1 Å². The molecule has 3 heteroatoms. The fourth-order valence-corrected chi connectivity index (χ4v) is 2.18. The maximum Gasteiger partial charge on any atom is 0.0664 e. The molecule has 0 aliphatic heterocycles. The highest BCUT2D eigenvalue weighted by atomic mass is 32.2. The minimum absolute atomic E-state index is 0.349. The van der Waals surface area contributed by atoms with E-state index < -0.39 is 0 Å². The van der Waals surface area contributed by atoms with E-state index in [9.17, 15) is 0 Å². The Balaban J connectivity index is 2.49. The van der Waals surface area contributed by atoms with Crippen LogP contribution in [0.15, 0.2) is 29.2 Å². The number of hydrogen-bond acceptors (Lipinski definition) is 3. The quantitative estimate of drug-likeness (QED) is 0.734. The molecular weight excluding hydrogens is 218 g/mol. The highest BCUT2D eigenvalue weighted by molar-refractivity contribution is 7.99. The Morgan fingerprint density at radius 1 is 1.38 bits per heavy atom. The number of benzene rings is 1. The van der Waals surface area contributed by atoms with E-state index in [0.717, 1.165) is 19.0 Å². The van der Waals surface area contributed by atoms with Gasteiger partial charge in [0.25, 0.3) is 0 Å². The van der Waals surface area contributed by atoms with Crippen LogP contribution in [0.1, 0.15) is 20.8 Å². The molecule has 1 atom stereocenters. The van der Waals surface area contributed by atoms with E-state index in [2.05, 4.69) is 43.4 Å². The molecule has 0 bridgehead atoms. The van der Waals surface area contributed by atoms with Crippen LogP contribution in [0, 0.1) is 0 Å². The van der Waals surface area contributed by atoms with Crippen LogP contribution in [-0.2, 0) is 4.74 Å². The van der Waals surface area contributed by atoms with Crippen molar-refractivity contribution >= 4 is 17.4 Å². The minimum atomic E-state index is 0.349. The average Bonchev–Trinajstić information content (AvgIpc) is 2.27. The molecule has 0 amide bonds. The topological polar surface area (TPSA) is 21.3 Å². The fraction of sp³-hybridized carbons (Fsp3) is 0.538. The van der Waals surface area contributed by atoms with Crippen LogP contribution in [0.4, 0.5) is 5.69 Å². The number of anilines is 1. The summed E-state index contributed by atoms with van der Waals surface area (Å²) < 4.78 is 5.38. The van der Waals surface area contributed by atoms with Crippen molar-refractivity contribution in [1.82, 2.24) is 0 Å². The highest BCUT2D eigenvalue weighted by Gasteiger charge is 2.02. The van der Waals surface area contributed by atoms with E-state index in [1.165, 1.54) is 10.6 Å². The van der Waals surface area contributed by atoms with Crippen LogP contribution in [-0.4, -0.2) is 25.0 Å². The van der Waals surface area contributed by atoms with Crippen molar-refractivity contribution in [3.8, 4) is 0 Å². The Morgan fingerprint density at radius 2 is 2.19 bits per heavy atom. The third-order valence-corrected chi connectivity index (χ3v) is 3.01. The molecule has 0 saturated heterocycles. The van der Waals surface area contributed by atoms with E-state index in [-0.39, 0.29) is 0 Å². The van der Waals surface area contributed by atoms with E-state index in [4.69, 9.17) is 4.74 Å². The zero-order valence-corrected chi connectivity index (χ0v) is 11.1. The van der Waals surface area contributed by atoms with E-state index in [0.29, 0.717) is 6.04 Å². The van der Waals surface area contributed by atoms with Gasteiger partial charge in [-0.3, -0.25) is 0 Å². The molecule has 0 aromatic heterocycles. The highest BCUT2D eigenvalue weighted by Crippen LogP contribution is 2.21. The van der Waals surface area contributed by atoms with Crippen molar-refractivity contribution in [2.45, 2.75) is 31.7 Å². The molecule has 0 aliphatic carbocycles. The van der Waals surface area contributed by atoms with Crippen LogP contribution in [0.3, 0.4) is 0 Å². The smallest absolute Gasteiger partial charge is 0.0664 e. The lowest BCUT2D eigenvalue weighted by Crippen LogP contribution is -2.21. The molecule has 1 N–H and O–H groups in total. The van der Waals surface area contributed by atoms with Gasteiger partial charge in [0, 0.05) is 23.2 Å². The van der Waals surface area contributed by atoms with Crippen molar-refractivity contribution in [3.05, 3.63) is 24.3 Å². The summed E-state index contributed by atoms with van der Waals surface area (Å²) in [6.45, 7) is 7.85. The Labute approximate surface area is 103 Å². The van der Waals surface area contributed by atoms with Gasteiger partial charge in [0.15, 0.2) is 0 Å². The molecule has 0 spiro atoms. The number of rotatable bonds is 7. The van der Waals surface area contributed by atoms with Crippen LogP contribution in [0.25, 0.3) is 0 Å². The molecule has 0 aliphatic rings. The first-order valence-corrected chi connectivity index (χ1v) is 6.82. The molecule has 1 rings (SSSR count). The molecule has 16 heavy (non-hydrogen) atoms. The molecule has 0 radical (unpaired) electrons. The fourth-order valence-electron chi connectivity index (χ4n) is 1.46. The molecule has 1 aromatic rings. The summed E-state index contributed by atoms with van der Waals surface area (Å²) in [5.74, 6) is 1.11.